The van der Waals surface area contributed by atoms with Crippen LogP contribution in [0.3, 0.4) is 0 Å². The van der Waals surface area contributed by atoms with Gasteiger partial charge in [-0.05, 0) is 38.8 Å². The summed E-state index contributed by atoms with van der Waals surface area (Å²) in [5.41, 5.74) is 0.109. The zero-order valence-corrected chi connectivity index (χ0v) is 15.0. The Morgan fingerprint density at radius 1 is 1.38 bits per heavy atom. The molecule has 26 heavy (non-hydrogen) atoms. The minimum Gasteiger partial charge on any atom is -0.368 e. The summed E-state index contributed by atoms with van der Waals surface area (Å²) in [4.78, 5) is 18.2. The molecule has 0 aromatic carbocycles. The molecule has 0 bridgehead atoms. The third kappa shape index (κ3) is 4.72. The van der Waals surface area contributed by atoms with E-state index in [0.717, 1.165) is 0 Å². The van der Waals surface area contributed by atoms with E-state index in [9.17, 15) is 10.1 Å². The molecule has 2 rings (SSSR count). The number of hydrogen-bond acceptors (Lipinski definition) is 6. The highest BCUT2D eigenvalue weighted by atomic mass is 16.2. The van der Waals surface area contributed by atoms with Gasteiger partial charge >= 0.3 is 0 Å². The molecule has 7 nitrogen and oxygen atoms in total. The van der Waals surface area contributed by atoms with Crippen LogP contribution in [0.1, 0.15) is 32.3 Å². The van der Waals surface area contributed by atoms with Gasteiger partial charge < -0.3 is 15.5 Å². The lowest BCUT2D eigenvalue weighted by atomic mass is 10.1. The number of nitrogens with zero attached hydrogens (tertiary/aromatic N) is 4. The normalized spacial score (nSPS) is 19.3. The number of nitrogens with one attached hydrogen (secondary N) is 2. The van der Waals surface area contributed by atoms with Crippen LogP contribution < -0.4 is 10.6 Å². The highest BCUT2D eigenvalue weighted by Gasteiger charge is 2.36. The first-order chi connectivity index (χ1) is 12.4. The molecule has 7 heteroatoms. The summed E-state index contributed by atoms with van der Waals surface area (Å²) in [6.45, 7) is 4.55. The van der Waals surface area contributed by atoms with Crippen LogP contribution in [0.4, 0.5) is 5.82 Å². The summed E-state index contributed by atoms with van der Waals surface area (Å²) in [5, 5.41) is 24.4. The number of anilines is 1. The van der Waals surface area contributed by atoms with Crippen LogP contribution in [-0.2, 0) is 4.79 Å². The van der Waals surface area contributed by atoms with E-state index in [1.165, 1.54) is 11.1 Å². The molecule has 1 fully saturated rings. The van der Waals surface area contributed by atoms with Crippen molar-refractivity contribution in [1.29, 1.82) is 10.5 Å². The van der Waals surface area contributed by atoms with Crippen LogP contribution in [0.5, 0.6) is 0 Å². The molecular weight excluding hydrogens is 328 g/mol. The molecule has 0 saturated carbocycles. The first-order valence-corrected chi connectivity index (χ1v) is 8.42. The number of rotatable bonds is 6. The minimum atomic E-state index is -0.450. The summed E-state index contributed by atoms with van der Waals surface area (Å²) in [7, 11) is 0. The maximum absolute atomic E-state index is 12.5. The molecule has 0 unspecified atom stereocenters. The van der Waals surface area contributed by atoms with Gasteiger partial charge in [-0.25, -0.2) is 4.98 Å². The van der Waals surface area contributed by atoms with Crippen molar-refractivity contribution in [2.75, 3.05) is 18.4 Å². The predicted octanol–water partition coefficient (Wildman–Crippen LogP) is 1.25. The van der Waals surface area contributed by atoms with Crippen LogP contribution in [0.15, 0.2) is 18.3 Å². The minimum absolute atomic E-state index is 0.103. The van der Waals surface area contributed by atoms with Crippen LogP contribution >= 0.6 is 0 Å². The number of aromatic nitrogens is 1. The van der Waals surface area contributed by atoms with Crippen LogP contribution in [0.2, 0.25) is 0 Å². The van der Waals surface area contributed by atoms with Gasteiger partial charge in [-0.3, -0.25) is 4.79 Å². The van der Waals surface area contributed by atoms with Gasteiger partial charge in [0.05, 0.1) is 24.2 Å². The Bertz CT molecular complexity index is 743. The zero-order chi connectivity index (χ0) is 19.2. The maximum atomic E-state index is 12.5. The second-order valence-electron chi connectivity index (χ2n) is 6.84. The van der Waals surface area contributed by atoms with E-state index < -0.39 is 11.6 Å². The molecule has 1 saturated heterocycles. The fraction of sp³-hybridized carbons (Fsp3) is 0.474. The first kappa shape index (κ1) is 19.2. The topological polar surface area (TPSA) is 105 Å². The van der Waals surface area contributed by atoms with Gasteiger partial charge in [0.2, 0.25) is 5.91 Å². The maximum Gasteiger partial charge on any atom is 0.238 e. The SMILES string of the molecule is C#C[C@H]1CC[C@@H](C#N)N1C(=O)CNC(C)(C)CNc1ccc(C#N)cn1. The van der Waals surface area contributed by atoms with E-state index in [-0.39, 0.29) is 18.5 Å². The molecular formula is C19H22N6O. The quantitative estimate of drug-likeness (QED) is 0.748. The highest BCUT2D eigenvalue weighted by molar-refractivity contribution is 5.80. The summed E-state index contributed by atoms with van der Waals surface area (Å²) in [5.74, 6) is 3.08. The molecule has 1 aliphatic heterocycles. The molecule has 0 radical (unpaired) electrons. The standard InChI is InChI=1S/C19H22N6O/c1-4-15-6-7-16(10-21)25(15)18(26)12-24-19(2,3)13-23-17-8-5-14(9-20)11-22-17/h1,5,8,11,15-16,24H,6-7,12-13H2,2-3H3,(H,22,23)/t15-,16-/m0/s1. The number of nitriles is 2. The van der Waals surface area contributed by atoms with E-state index in [2.05, 4.69) is 27.6 Å². The summed E-state index contributed by atoms with van der Waals surface area (Å²) in [6.07, 6.45) is 8.26. The molecule has 1 aromatic rings. The average Bonchev–Trinajstić information content (AvgIpc) is 3.08. The molecule has 0 aliphatic carbocycles. The van der Waals surface area contributed by atoms with Crippen molar-refractivity contribution in [3.8, 4) is 24.5 Å². The van der Waals surface area contributed by atoms with Crippen LogP contribution in [0, 0.1) is 35.0 Å². The van der Waals surface area contributed by atoms with Gasteiger partial charge in [-0.15, -0.1) is 6.42 Å². The zero-order valence-electron chi connectivity index (χ0n) is 15.0. The van der Waals surface area contributed by atoms with Gasteiger partial charge in [0.15, 0.2) is 0 Å². The van der Waals surface area contributed by atoms with Crippen molar-refractivity contribution in [2.24, 2.45) is 0 Å². The van der Waals surface area contributed by atoms with Crippen LogP contribution in [0.25, 0.3) is 0 Å². The van der Waals surface area contributed by atoms with E-state index in [0.29, 0.717) is 30.8 Å². The summed E-state index contributed by atoms with van der Waals surface area (Å²) >= 11 is 0. The summed E-state index contributed by atoms with van der Waals surface area (Å²) in [6, 6.07) is 6.84. The van der Waals surface area contributed by atoms with Gasteiger partial charge in [-0.2, -0.15) is 10.5 Å². The number of amides is 1. The smallest absolute Gasteiger partial charge is 0.238 e. The monoisotopic (exact) mass is 350 g/mol. The van der Waals surface area contributed by atoms with Crippen molar-refractivity contribution in [1.82, 2.24) is 15.2 Å². The number of carbonyl (C=O) groups excluding carboxylic acids is 1. The van der Waals surface area contributed by atoms with E-state index in [1.54, 1.807) is 12.1 Å². The largest absolute Gasteiger partial charge is 0.368 e. The van der Waals surface area contributed by atoms with Crippen LogP contribution in [-0.4, -0.2) is 46.5 Å². The molecule has 2 N–H and O–H groups in total. The Kier molecular flexibility index (Phi) is 6.17. The third-order valence-corrected chi connectivity index (χ3v) is 4.34. The molecule has 0 spiro atoms. The van der Waals surface area contributed by atoms with E-state index in [4.69, 9.17) is 11.7 Å². The van der Waals surface area contributed by atoms with E-state index in [1.807, 2.05) is 19.9 Å². The molecule has 2 heterocycles. The predicted molar refractivity (Wildman–Crippen MR) is 97.6 cm³/mol. The number of terminal acetylenes is 1. The highest BCUT2D eigenvalue weighted by Crippen LogP contribution is 2.23. The fourth-order valence-corrected chi connectivity index (χ4v) is 2.79. The Hall–Kier alpha value is -3.08. The second kappa shape index (κ2) is 8.34. The first-order valence-electron chi connectivity index (χ1n) is 8.42. The lowest BCUT2D eigenvalue weighted by Crippen LogP contribution is -2.52. The second-order valence-corrected chi connectivity index (χ2v) is 6.84. The van der Waals surface area contributed by atoms with Gasteiger partial charge in [0.1, 0.15) is 17.9 Å². The number of pyridine rings is 1. The molecule has 1 amide bonds. The Morgan fingerprint density at radius 3 is 2.69 bits per heavy atom. The fourth-order valence-electron chi connectivity index (χ4n) is 2.79. The molecule has 1 aliphatic rings. The van der Waals surface area contributed by atoms with E-state index >= 15 is 0 Å². The van der Waals surface area contributed by atoms with Crippen molar-refractivity contribution in [2.45, 2.75) is 44.3 Å². The van der Waals surface area contributed by atoms with Gasteiger partial charge in [-0.1, -0.05) is 5.92 Å². The Labute approximate surface area is 154 Å². The number of likely N-dealkylation sites (tertiary alicyclic amines) is 1. The Balaban J connectivity index is 1.88. The van der Waals surface area contributed by atoms with Gasteiger partial charge in [0.25, 0.3) is 0 Å². The molecule has 134 valence electrons. The van der Waals surface area contributed by atoms with Crippen molar-refractivity contribution in [3.63, 3.8) is 0 Å². The third-order valence-electron chi connectivity index (χ3n) is 4.34. The van der Waals surface area contributed by atoms with Crippen molar-refractivity contribution < 1.29 is 4.79 Å². The summed E-state index contributed by atoms with van der Waals surface area (Å²) < 4.78 is 0. The molecule has 2 atom stereocenters. The van der Waals surface area contributed by atoms with Crippen molar-refractivity contribution in [3.05, 3.63) is 23.9 Å². The lowest BCUT2D eigenvalue weighted by molar-refractivity contribution is -0.131. The number of carbonyl (C=O) groups is 1. The van der Waals surface area contributed by atoms with Gasteiger partial charge in [0, 0.05) is 18.3 Å². The lowest BCUT2D eigenvalue weighted by Gasteiger charge is -2.29. The van der Waals surface area contributed by atoms with Crippen molar-refractivity contribution >= 4 is 11.7 Å². The number of hydrogen-bond donors (Lipinski definition) is 2. The Morgan fingerprint density at radius 2 is 2.12 bits per heavy atom. The molecule has 1 aromatic heterocycles. The average molecular weight is 350 g/mol.